The van der Waals surface area contributed by atoms with E-state index in [-0.39, 0.29) is 11.2 Å². The van der Waals surface area contributed by atoms with Crippen LogP contribution in [0.3, 0.4) is 0 Å². The van der Waals surface area contributed by atoms with Gasteiger partial charge in [0.15, 0.2) is 5.78 Å². The molecule has 1 aliphatic heterocycles. The molecular weight excluding hydrogens is 150 g/mol. The molecule has 66 valence electrons. The number of aliphatic imine (C=N–C) groups is 1. The number of Topliss-reactive ketones (excluding diaryl/α,β-unsaturated/α-hetero) is 1. The zero-order valence-corrected chi connectivity index (χ0v) is 7.92. The average Bonchev–Trinajstić information content (AvgIpc) is 1.91. The Labute approximate surface area is 73.4 Å². The number of carbonyl (C=O) groups excluding carboxylic acids is 1. The smallest absolute Gasteiger partial charge is 0.180 e. The number of carbonyl (C=O) groups is 1. The second kappa shape index (κ2) is 3.21. The molecule has 2 nitrogen and oxygen atoms in total. The van der Waals surface area contributed by atoms with Gasteiger partial charge in [-0.2, -0.15) is 0 Å². The number of hydrogen-bond acceptors (Lipinski definition) is 2. The van der Waals surface area contributed by atoms with Crippen LogP contribution in [-0.4, -0.2) is 11.5 Å². The molecule has 1 aliphatic rings. The van der Waals surface area contributed by atoms with Crippen molar-refractivity contribution < 1.29 is 4.79 Å². The average molecular weight is 165 g/mol. The van der Waals surface area contributed by atoms with Crippen molar-refractivity contribution in [3.63, 3.8) is 0 Å². The molecule has 0 unspecified atom stereocenters. The lowest BCUT2D eigenvalue weighted by Gasteiger charge is -2.19. The monoisotopic (exact) mass is 165 g/mol. The fourth-order valence-corrected chi connectivity index (χ4v) is 1.14. The summed E-state index contributed by atoms with van der Waals surface area (Å²) in [6, 6.07) is 0. The van der Waals surface area contributed by atoms with Gasteiger partial charge >= 0.3 is 0 Å². The first kappa shape index (κ1) is 9.17. The Balaban J connectivity index is 2.68. The van der Waals surface area contributed by atoms with Gasteiger partial charge in [0.05, 0.1) is 5.71 Å². The molecule has 2 heteroatoms. The normalized spacial score (nSPS) is 17.9. The molecule has 0 bridgehead atoms. The van der Waals surface area contributed by atoms with Crippen molar-refractivity contribution in [2.24, 2.45) is 10.4 Å². The molecule has 0 fully saturated rings. The second-order valence-electron chi connectivity index (χ2n) is 4.33. The quantitative estimate of drug-likeness (QED) is 0.586. The Hall–Kier alpha value is -0.920. The molecule has 0 atom stereocenters. The van der Waals surface area contributed by atoms with Crippen LogP contribution in [0.25, 0.3) is 0 Å². The van der Waals surface area contributed by atoms with Gasteiger partial charge in [-0.3, -0.25) is 9.79 Å². The van der Waals surface area contributed by atoms with Crippen molar-refractivity contribution >= 4 is 11.5 Å². The van der Waals surface area contributed by atoms with Crippen LogP contribution in [-0.2, 0) is 4.79 Å². The highest BCUT2D eigenvalue weighted by atomic mass is 16.1. The molecule has 0 saturated heterocycles. The van der Waals surface area contributed by atoms with E-state index in [2.05, 4.69) is 25.8 Å². The third kappa shape index (κ3) is 2.61. The Kier molecular flexibility index (Phi) is 2.46. The molecule has 1 heterocycles. The maximum Gasteiger partial charge on any atom is 0.180 e. The maximum absolute atomic E-state index is 11.3. The van der Waals surface area contributed by atoms with Crippen LogP contribution in [0.2, 0.25) is 0 Å². The van der Waals surface area contributed by atoms with E-state index in [1.165, 1.54) is 0 Å². The predicted molar refractivity (Wildman–Crippen MR) is 50.3 cm³/mol. The second-order valence-corrected chi connectivity index (χ2v) is 4.33. The standard InChI is InChI=1S/C10H15NO/c1-10(2,3)7-8-9(12)5-4-6-11-8/h4,6H,5,7H2,1-3H3. The Morgan fingerprint density at radius 2 is 2.17 bits per heavy atom. The lowest BCUT2D eigenvalue weighted by atomic mass is 9.87. The lowest BCUT2D eigenvalue weighted by molar-refractivity contribution is -0.112. The summed E-state index contributed by atoms with van der Waals surface area (Å²) in [5.74, 6) is 0.174. The molecular formula is C10H15NO. The summed E-state index contributed by atoms with van der Waals surface area (Å²) in [5, 5.41) is 0. The minimum atomic E-state index is 0.152. The van der Waals surface area contributed by atoms with Crippen molar-refractivity contribution in [3.8, 4) is 0 Å². The predicted octanol–water partition coefficient (Wildman–Crippen LogP) is 2.35. The van der Waals surface area contributed by atoms with Crippen molar-refractivity contribution in [1.29, 1.82) is 0 Å². The number of allylic oxidation sites excluding steroid dienone is 1. The third-order valence-electron chi connectivity index (χ3n) is 1.66. The molecule has 0 radical (unpaired) electrons. The van der Waals surface area contributed by atoms with Crippen molar-refractivity contribution in [1.82, 2.24) is 0 Å². The van der Waals surface area contributed by atoms with Gasteiger partial charge in [0, 0.05) is 12.6 Å². The van der Waals surface area contributed by atoms with E-state index >= 15 is 0 Å². The van der Waals surface area contributed by atoms with Crippen molar-refractivity contribution in [3.05, 3.63) is 12.3 Å². The number of hydrogen-bond donors (Lipinski definition) is 0. The van der Waals surface area contributed by atoms with Gasteiger partial charge in [0.1, 0.15) is 0 Å². The first-order valence-electron chi connectivity index (χ1n) is 4.24. The Bertz CT molecular complexity index is 243. The molecule has 0 aromatic carbocycles. The van der Waals surface area contributed by atoms with Gasteiger partial charge in [-0.15, -0.1) is 0 Å². The number of nitrogens with zero attached hydrogens (tertiary/aromatic N) is 1. The molecule has 0 N–H and O–H groups in total. The van der Waals surface area contributed by atoms with Gasteiger partial charge in [0.2, 0.25) is 0 Å². The van der Waals surface area contributed by atoms with Crippen LogP contribution in [0.15, 0.2) is 17.3 Å². The molecule has 12 heavy (non-hydrogen) atoms. The molecule has 0 aliphatic carbocycles. The minimum Gasteiger partial charge on any atom is -0.292 e. The topological polar surface area (TPSA) is 29.4 Å². The highest BCUT2D eigenvalue weighted by Crippen LogP contribution is 2.21. The van der Waals surface area contributed by atoms with Crippen molar-refractivity contribution in [2.75, 3.05) is 0 Å². The van der Waals surface area contributed by atoms with E-state index in [0.29, 0.717) is 6.42 Å². The summed E-state index contributed by atoms with van der Waals surface area (Å²) >= 11 is 0. The van der Waals surface area contributed by atoms with Gasteiger partial charge in [0.25, 0.3) is 0 Å². The molecule has 0 saturated carbocycles. The zero-order valence-electron chi connectivity index (χ0n) is 7.92. The summed E-state index contributed by atoms with van der Waals surface area (Å²) in [7, 11) is 0. The first-order chi connectivity index (χ1) is 5.49. The van der Waals surface area contributed by atoms with E-state index in [4.69, 9.17) is 0 Å². The fourth-order valence-electron chi connectivity index (χ4n) is 1.14. The first-order valence-corrected chi connectivity index (χ1v) is 4.24. The third-order valence-corrected chi connectivity index (χ3v) is 1.66. The fraction of sp³-hybridized carbons (Fsp3) is 0.600. The summed E-state index contributed by atoms with van der Waals surface area (Å²) in [4.78, 5) is 15.4. The minimum absolute atomic E-state index is 0.152. The highest BCUT2D eigenvalue weighted by molar-refractivity contribution is 6.40. The van der Waals surface area contributed by atoms with Crippen molar-refractivity contribution in [2.45, 2.75) is 33.6 Å². The zero-order chi connectivity index (χ0) is 9.19. The van der Waals surface area contributed by atoms with Crippen LogP contribution in [0.4, 0.5) is 0 Å². The SMILES string of the molecule is CC(C)(C)CC1=NC=CCC1=O. The number of ketones is 1. The summed E-state index contributed by atoms with van der Waals surface area (Å²) in [6.45, 7) is 6.34. The largest absolute Gasteiger partial charge is 0.292 e. The molecule has 0 aromatic heterocycles. The molecule has 0 aromatic rings. The van der Waals surface area contributed by atoms with Gasteiger partial charge in [-0.25, -0.2) is 0 Å². The van der Waals surface area contributed by atoms with Crippen LogP contribution in [0.5, 0.6) is 0 Å². The van der Waals surface area contributed by atoms with E-state index in [0.717, 1.165) is 12.1 Å². The summed E-state index contributed by atoms with van der Waals surface area (Å²) in [6.07, 6.45) is 4.82. The van der Waals surface area contributed by atoms with E-state index in [9.17, 15) is 4.79 Å². The summed E-state index contributed by atoms with van der Waals surface area (Å²) < 4.78 is 0. The molecule has 0 spiro atoms. The van der Waals surface area contributed by atoms with E-state index in [1.807, 2.05) is 0 Å². The Morgan fingerprint density at radius 3 is 2.67 bits per heavy atom. The van der Waals surface area contributed by atoms with Gasteiger partial charge in [-0.1, -0.05) is 26.8 Å². The van der Waals surface area contributed by atoms with Crippen LogP contribution in [0, 0.1) is 5.41 Å². The van der Waals surface area contributed by atoms with Crippen LogP contribution >= 0.6 is 0 Å². The van der Waals surface area contributed by atoms with E-state index < -0.39 is 0 Å². The molecule has 0 amide bonds. The molecule has 1 rings (SSSR count). The lowest BCUT2D eigenvalue weighted by Crippen LogP contribution is -2.21. The number of rotatable bonds is 1. The van der Waals surface area contributed by atoms with Crippen LogP contribution < -0.4 is 0 Å². The summed E-state index contributed by atoms with van der Waals surface area (Å²) in [5.41, 5.74) is 0.879. The van der Waals surface area contributed by atoms with E-state index in [1.54, 1.807) is 12.3 Å². The van der Waals surface area contributed by atoms with Gasteiger partial charge in [-0.05, 0) is 11.8 Å². The highest BCUT2D eigenvalue weighted by Gasteiger charge is 2.19. The van der Waals surface area contributed by atoms with Gasteiger partial charge < -0.3 is 0 Å². The maximum atomic E-state index is 11.3. The Morgan fingerprint density at radius 1 is 1.50 bits per heavy atom. The van der Waals surface area contributed by atoms with Crippen LogP contribution in [0.1, 0.15) is 33.6 Å².